The van der Waals surface area contributed by atoms with Crippen LogP contribution in [0.1, 0.15) is 33.1 Å². The molecule has 0 aliphatic heterocycles. The summed E-state index contributed by atoms with van der Waals surface area (Å²) in [6, 6.07) is -0.328. The largest absolute Gasteiger partial charge is 0.481 e. The lowest BCUT2D eigenvalue weighted by Gasteiger charge is -2.23. The molecule has 2 amide bonds. The Morgan fingerprint density at radius 1 is 1.42 bits per heavy atom. The highest BCUT2D eigenvalue weighted by Crippen LogP contribution is 2.25. The molecule has 1 heterocycles. The molecule has 106 valence electrons. The van der Waals surface area contributed by atoms with E-state index in [1.165, 1.54) is 16.8 Å². The van der Waals surface area contributed by atoms with Crippen molar-refractivity contribution in [1.29, 1.82) is 0 Å². The van der Waals surface area contributed by atoms with Gasteiger partial charge in [-0.15, -0.1) is 10.2 Å². The van der Waals surface area contributed by atoms with Gasteiger partial charge in [0.05, 0.1) is 0 Å². The summed E-state index contributed by atoms with van der Waals surface area (Å²) in [5.41, 5.74) is 1.42. The van der Waals surface area contributed by atoms with Crippen LogP contribution in [0.2, 0.25) is 0 Å². The van der Waals surface area contributed by atoms with Crippen LogP contribution in [0.25, 0.3) is 0 Å². The van der Waals surface area contributed by atoms with Crippen LogP contribution in [0.3, 0.4) is 0 Å². The van der Waals surface area contributed by atoms with E-state index in [2.05, 4.69) is 20.8 Å². The van der Waals surface area contributed by atoms with E-state index in [-0.39, 0.29) is 17.9 Å². The van der Waals surface area contributed by atoms with Gasteiger partial charge in [-0.1, -0.05) is 25.2 Å². The molecule has 0 aromatic carbocycles. The highest BCUT2D eigenvalue weighted by Gasteiger charge is 2.19. The molecule has 1 aromatic heterocycles. The average molecular weight is 286 g/mol. The fourth-order valence-electron chi connectivity index (χ4n) is 1.45. The van der Waals surface area contributed by atoms with Crippen molar-refractivity contribution < 1.29 is 14.7 Å². The molecule has 0 fully saturated rings. The maximum absolute atomic E-state index is 11.5. The lowest BCUT2D eigenvalue weighted by molar-refractivity contribution is -0.137. The third kappa shape index (κ3) is 6.70. The fraction of sp³-hybridized carbons (Fsp3) is 0.636. The fourth-order valence-corrected chi connectivity index (χ4v) is 1.89. The number of carboxylic acids is 1. The number of carbonyl (C=O) groups excluding carboxylic acids is 1. The molecule has 8 heteroatoms. The summed E-state index contributed by atoms with van der Waals surface area (Å²) < 4.78 is 0. The van der Waals surface area contributed by atoms with Crippen LogP contribution < -0.4 is 10.6 Å². The van der Waals surface area contributed by atoms with Crippen molar-refractivity contribution in [2.24, 2.45) is 5.41 Å². The van der Waals surface area contributed by atoms with Crippen LogP contribution in [0.4, 0.5) is 9.93 Å². The van der Waals surface area contributed by atoms with Crippen LogP contribution >= 0.6 is 11.3 Å². The van der Waals surface area contributed by atoms with Crippen molar-refractivity contribution in [1.82, 2.24) is 15.5 Å². The molecule has 0 aliphatic carbocycles. The number of nitrogens with one attached hydrogen (secondary N) is 2. The van der Waals surface area contributed by atoms with E-state index in [1.54, 1.807) is 0 Å². The minimum Gasteiger partial charge on any atom is -0.481 e. The number of anilines is 1. The number of urea groups is 1. The number of carbonyl (C=O) groups is 2. The van der Waals surface area contributed by atoms with Gasteiger partial charge in [-0.2, -0.15) is 0 Å². The van der Waals surface area contributed by atoms with Gasteiger partial charge in [0.1, 0.15) is 5.51 Å². The number of carboxylic acid groups (broad SMARTS) is 1. The van der Waals surface area contributed by atoms with Crippen molar-refractivity contribution in [2.75, 3.05) is 11.9 Å². The van der Waals surface area contributed by atoms with Crippen molar-refractivity contribution >= 4 is 28.5 Å². The van der Waals surface area contributed by atoms with E-state index in [1.807, 2.05) is 13.8 Å². The van der Waals surface area contributed by atoms with Crippen molar-refractivity contribution in [3.63, 3.8) is 0 Å². The van der Waals surface area contributed by atoms with Crippen molar-refractivity contribution in [3.8, 4) is 0 Å². The number of aromatic nitrogens is 2. The number of amides is 2. The van der Waals surface area contributed by atoms with Gasteiger partial charge in [-0.3, -0.25) is 10.1 Å². The number of hydrogen-bond acceptors (Lipinski definition) is 5. The zero-order valence-corrected chi connectivity index (χ0v) is 11.8. The second kappa shape index (κ2) is 7.03. The SMILES string of the molecule is CC(C)(CCNC(=O)Nc1nncs1)CCC(=O)O. The Kier molecular flexibility index (Phi) is 5.68. The molecule has 0 spiro atoms. The lowest BCUT2D eigenvalue weighted by Crippen LogP contribution is -2.32. The summed E-state index contributed by atoms with van der Waals surface area (Å²) in [7, 11) is 0. The standard InChI is InChI=1S/C11H18N4O3S/c1-11(2,4-3-8(16)17)5-6-12-9(18)14-10-15-13-7-19-10/h7H,3-6H2,1-2H3,(H,16,17)(H2,12,14,15,18). The number of hydrogen-bond donors (Lipinski definition) is 3. The smallest absolute Gasteiger partial charge is 0.321 e. The van der Waals surface area contributed by atoms with Crippen LogP contribution in [-0.4, -0.2) is 33.8 Å². The summed E-state index contributed by atoms with van der Waals surface area (Å²) in [6.45, 7) is 4.46. The number of rotatable bonds is 7. The van der Waals surface area contributed by atoms with Gasteiger partial charge in [0.2, 0.25) is 5.13 Å². The van der Waals surface area contributed by atoms with Crippen LogP contribution in [-0.2, 0) is 4.79 Å². The predicted octanol–water partition coefficient (Wildman–Crippen LogP) is 1.94. The first-order chi connectivity index (χ1) is 8.89. The van der Waals surface area contributed by atoms with Crippen molar-refractivity contribution in [2.45, 2.75) is 33.1 Å². The summed E-state index contributed by atoms with van der Waals surface area (Å²) in [5, 5.41) is 21.7. The second-order valence-corrected chi connectivity index (χ2v) is 5.77. The number of aliphatic carboxylic acids is 1. The third-order valence-corrected chi connectivity index (χ3v) is 3.29. The molecule has 0 radical (unpaired) electrons. The Bertz CT molecular complexity index is 420. The van der Waals surface area contributed by atoms with E-state index >= 15 is 0 Å². The monoisotopic (exact) mass is 286 g/mol. The molecular formula is C11H18N4O3S. The predicted molar refractivity (Wildman–Crippen MR) is 72.2 cm³/mol. The normalized spacial score (nSPS) is 11.1. The number of nitrogens with zero attached hydrogens (tertiary/aromatic N) is 2. The Labute approximate surface area is 115 Å². The first kappa shape index (κ1) is 15.4. The summed E-state index contributed by atoms with van der Waals surface area (Å²) in [6.07, 6.45) is 1.44. The maximum Gasteiger partial charge on any atom is 0.321 e. The molecule has 1 aromatic rings. The van der Waals surface area contributed by atoms with E-state index in [9.17, 15) is 9.59 Å². The Hall–Kier alpha value is -1.70. The molecular weight excluding hydrogens is 268 g/mol. The minimum absolute atomic E-state index is 0.117. The van der Waals surface area contributed by atoms with E-state index in [4.69, 9.17) is 5.11 Å². The average Bonchev–Trinajstić information content (AvgIpc) is 2.79. The highest BCUT2D eigenvalue weighted by molar-refractivity contribution is 7.13. The van der Waals surface area contributed by atoms with E-state index in [0.717, 1.165) is 0 Å². The van der Waals surface area contributed by atoms with Gasteiger partial charge in [-0.25, -0.2) is 4.79 Å². The zero-order valence-electron chi connectivity index (χ0n) is 11.0. The van der Waals surface area contributed by atoms with Gasteiger partial charge < -0.3 is 10.4 Å². The Morgan fingerprint density at radius 2 is 2.16 bits per heavy atom. The second-order valence-electron chi connectivity index (χ2n) is 4.93. The summed E-state index contributed by atoms with van der Waals surface area (Å²) >= 11 is 1.24. The van der Waals surface area contributed by atoms with Gasteiger partial charge in [0, 0.05) is 13.0 Å². The molecule has 3 N–H and O–H groups in total. The summed E-state index contributed by atoms with van der Waals surface area (Å²) in [5.74, 6) is -0.796. The van der Waals surface area contributed by atoms with E-state index < -0.39 is 5.97 Å². The lowest BCUT2D eigenvalue weighted by atomic mass is 9.84. The molecule has 0 saturated carbocycles. The van der Waals surface area contributed by atoms with Gasteiger partial charge in [0.15, 0.2) is 0 Å². The van der Waals surface area contributed by atoms with Crippen LogP contribution in [0, 0.1) is 5.41 Å². The molecule has 0 unspecified atom stereocenters. The first-order valence-electron chi connectivity index (χ1n) is 5.92. The molecule has 0 bridgehead atoms. The Morgan fingerprint density at radius 3 is 2.74 bits per heavy atom. The molecule has 7 nitrogen and oxygen atoms in total. The first-order valence-corrected chi connectivity index (χ1v) is 6.80. The molecule has 0 aliphatic rings. The molecule has 1 rings (SSSR count). The van der Waals surface area contributed by atoms with Gasteiger partial charge in [-0.05, 0) is 18.3 Å². The van der Waals surface area contributed by atoms with Crippen molar-refractivity contribution in [3.05, 3.63) is 5.51 Å². The van der Waals surface area contributed by atoms with Crippen LogP contribution in [0.15, 0.2) is 5.51 Å². The maximum atomic E-state index is 11.5. The van der Waals surface area contributed by atoms with Gasteiger partial charge in [0.25, 0.3) is 0 Å². The quantitative estimate of drug-likeness (QED) is 0.710. The minimum atomic E-state index is -0.796. The van der Waals surface area contributed by atoms with E-state index in [0.29, 0.717) is 24.5 Å². The zero-order chi connectivity index (χ0) is 14.3. The topological polar surface area (TPSA) is 104 Å². The highest BCUT2D eigenvalue weighted by atomic mass is 32.1. The Balaban J connectivity index is 2.21. The molecule has 19 heavy (non-hydrogen) atoms. The van der Waals surface area contributed by atoms with Gasteiger partial charge >= 0.3 is 12.0 Å². The summed E-state index contributed by atoms with van der Waals surface area (Å²) in [4.78, 5) is 22.0. The molecule has 0 atom stereocenters. The third-order valence-electron chi connectivity index (χ3n) is 2.68. The van der Waals surface area contributed by atoms with Crippen LogP contribution in [0.5, 0.6) is 0 Å². The molecule has 0 saturated heterocycles.